The summed E-state index contributed by atoms with van der Waals surface area (Å²) in [7, 11) is -3.29. The standard InChI is InChI=1S/C21H21N5O3S2/c27-31(28,13-7-12-20-23-24-25-26(20)18-8-3-1-4-9-18)16-17-15-30-21(22-17)14-29-19-10-5-2-6-11-19/h1-6,8-11,15H,7,12-14,16H2. The number of rotatable bonds is 10. The molecule has 0 aliphatic carbocycles. The summed E-state index contributed by atoms with van der Waals surface area (Å²) < 4.78 is 32.4. The molecule has 0 N–H and O–H groups in total. The van der Waals surface area contributed by atoms with Gasteiger partial charge in [0, 0.05) is 11.8 Å². The van der Waals surface area contributed by atoms with Crippen LogP contribution in [0.15, 0.2) is 66.0 Å². The van der Waals surface area contributed by atoms with Gasteiger partial charge in [-0.25, -0.2) is 13.4 Å². The molecule has 2 heterocycles. The predicted molar refractivity (Wildman–Crippen MR) is 118 cm³/mol. The third-order valence-electron chi connectivity index (χ3n) is 4.46. The normalized spacial score (nSPS) is 11.5. The number of para-hydroxylation sites is 2. The van der Waals surface area contributed by atoms with Crippen LogP contribution in [0, 0.1) is 0 Å². The third-order valence-corrected chi connectivity index (χ3v) is 6.98. The average molecular weight is 456 g/mol. The fourth-order valence-corrected chi connectivity index (χ4v) is 5.16. The Morgan fingerprint density at radius 1 is 1.00 bits per heavy atom. The monoisotopic (exact) mass is 455 g/mol. The first-order chi connectivity index (χ1) is 15.1. The lowest BCUT2D eigenvalue weighted by Crippen LogP contribution is -2.12. The lowest BCUT2D eigenvalue weighted by Gasteiger charge is -2.05. The van der Waals surface area contributed by atoms with Crippen LogP contribution in [0.2, 0.25) is 0 Å². The van der Waals surface area contributed by atoms with Crippen molar-refractivity contribution in [1.82, 2.24) is 25.2 Å². The van der Waals surface area contributed by atoms with Gasteiger partial charge in [0.1, 0.15) is 17.4 Å². The Bertz CT molecular complexity index is 1210. The Morgan fingerprint density at radius 2 is 1.74 bits per heavy atom. The molecule has 0 aliphatic rings. The summed E-state index contributed by atoms with van der Waals surface area (Å²) in [6.07, 6.45) is 0.901. The number of aryl methyl sites for hydroxylation is 1. The van der Waals surface area contributed by atoms with Crippen molar-refractivity contribution in [3.63, 3.8) is 0 Å². The van der Waals surface area contributed by atoms with E-state index in [2.05, 4.69) is 20.5 Å². The van der Waals surface area contributed by atoms with Crippen molar-refractivity contribution >= 4 is 21.2 Å². The molecule has 4 aromatic rings. The Labute approximate surface area is 184 Å². The van der Waals surface area contributed by atoms with E-state index >= 15 is 0 Å². The van der Waals surface area contributed by atoms with E-state index in [0.717, 1.165) is 16.4 Å². The lowest BCUT2D eigenvalue weighted by molar-refractivity contribution is 0.305. The largest absolute Gasteiger partial charge is 0.486 e. The summed E-state index contributed by atoms with van der Waals surface area (Å²) >= 11 is 1.40. The van der Waals surface area contributed by atoms with E-state index in [9.17, 15) is 8.42 Å². The molecule has 31 heavy (non-hydrogen) atoms. The van der Waals surface area contributed by atoms with Crippen molar-refractivity contribution in [3.05, 3.63) is 82.6 Å². The highest BCUT2D eigenvalue weighted by Crippen LogP contribution is 2.17. The molecule has 10 heteroatoms. The first-order valence-electron chi connectivity index (χ1n) is 9.73. The molecule has 0 spiro atoms. The number of aromatic nitrogens is 5. The second-order valence-corrected chi connectivity index (χ2v) is 10.00. The fourth-order valence-electron chi connectivity index (χ4n) is 3.02. The van der Waals surface area contributed by atoms with Crippen LogP contribution < -0.4 is 4.74 Å². The molecule has 0 fully saturated rings. The van der Waals surface area contributed by atoms with Crippen LogP contribution >= 0.6 is 11.3 Å². The number of thiazole rings is 1. The first kappa shape index (κ1) is 21.1. The number of ether oxygens (including phenoxy) is 1. The van der Waals surface area contributed by atoms with Gasteiger partial charge < -0.3 is 4.74 Å². The van der Waals surface area contributed by atoms with Crippen molar-refractivity contribution < 1.29 is 13.2 Å². The van der Waals surface area contributed by atoms with Gasteiger partial charge in [-0.3, -0.25) is 0 Å². The molecular formula is C21H21N5O3S2. The van der Waals surface area contributed by atoms with Gasteiger partial charge in [0.05, 0.1) is 22.9 Å². The molecule has 2 aromatic heterocycles. The molecule has 0 amide bonds. The Kier molecular flexibility index (Phi) is 6.68. The number of sulfone groups is 1. The zero-order valence-corrected chi connectivity index (χ0v) is 18.3. The summed E-state index contributed by atoms with van der Waals surface area (Å²) in [5, 5.41) is 14.3. The highest BCUT2D eigenvalue weighted by molar-refractivity contribution is 7.90. The summed E-state index contributed by atoms with van der Waals surface area (Å²) in [4.78, 5) is 4.40. The van der Waals surface area contributed by atoms with Gasteiger partial charge in [-0.05, 0) is 41.1 Å². The van der Waals surface area contributed by atoms with Crippen molar-refractivity contribution in [2.75, 3.05) is 5.75 Å². The fraction of sp³-hybridized carbons (Fsp3) is 0.238. The van der Waals surface area contributed by atoms with E-state index in [1.54, 1.807) is 10.1 Å². The van der Waals surface area contributed by atoms with E-state index < -0.39 is 9.84 Å². The maximum Gasteiger partial charge on any atom is 0.156 e. The highest BCUT2D eigenvalue weighted by atomic mass is 32.2. The topological polar surface area (TPSA) is 99.9 Å². The number of nitrogens with zero attached hydrogens (tertiary/aromatic N) is 5. The number of hydrogen-bond acceptors (Lipinski definition) is 8. The van der Waals surface area contributed by atoms with E-state index in [1.165, 1.54) is 11.3 Å². The summed E-state index contributed by atoms with van der Waals surface area (Å²) in [6, 6.07) is 19.0. The maximum absolute atomic E-state index is 12.5. The van der Waals surface area contributed by atoms with E-state index in [4.69, 9.17) is 4.74 Å². The summed E-state index contributed by atoms with van der Waals surface area (Å²) in [5.74, 6) is 1.35. The predicted octanol–water partition coefficient (Wildman–Crippen LogP) is 3.25. The quantitative estimate of drug-likeness (QED) is 0.362. The van der Waals surface area contributed by atoms with Crippen LogP contribution in [0.3, 0.4) is 0 Å². The van der Waals surface area contributed by atoms with Gasteiger partial charge in [0.2, 0.25) is 0 Å². The van der Waals surface area contributed by atoms with Crippen molar-refractivity contribution in [2.45, 2.75) is 25.2 Å². The zero-order chi connectivity index (χ0) is 21.5. The molecule has 8 nitrogen and oxygen atoms in total. The minimum absolute atomic E-state index is 0.0437. The molecule has 0 aliphatic heterocycles. The van der Waals surface area contributed by atoms with Gasteiger partial charge in [-0.1, -0.05) is 36.4 Å². The molecule has 2 aromatic carbocycles. The van der Waals surface area contributed by atoms with E-state index in [1.807, 2.05) is 60.7 Å². The van der Waals surface area contributed by atoms with Crippen molar-refractivity contribution in [3.8, 4) is 11.4 Å². The minimum atomic E-state index is -3.29. The van der Waals surface area contributed by atoms with Crippen LogP contribution in [0.1, 0.15) is 22.9 Å². The first-order valence-corrected chi connectivity index (χ1v) is 12.4. The molecule has 160 valence electrons. The van der Waals surface area contributed by atoms with Crippen molar-refractivity contribution in [2.24, 2.45) is 0 Å². The Morgan fingerprint density at radius 3 is 2.52 bits per heavy atom. The smallest absolute Gasteiger partial charge is 0.156 e. The molecule has 0 saturated carbocycles. The Hall–Kier alpha value is -3.11. The lowest BCUT2D eigenvalue weighted by atomic mass is 10.3. The van der Waals surface area contributed by atoms with Gasteiger partial charge in [0.15, 0.2) is 15.7 Å². The summed E-state index contributed by atoms with van der Waals surface area (Å²) in [5.41, 5.74) is 1.39. The number of benzene rings is 2. The van der Waals surface area contributed by atoms with Crippen LogP contribution in [0.25, 0.3) is 5.69 Å². The second kappa shape index (κ2) is 9.80. The van der Waals surface area contributed by atoms with Gasteiger partial charge in [-0.2, -0.15) is 4.68 Å². The molecule has 0 atom stereocenters. The van der Waals surface area contributed by atoms with Gasteiger partial charge in [-0.15, -0.1) is 16.4 Å². The van der Waals surface area contributed by atoms with E-state index in [0.29, 0.717) is 31.0 Å². The minimum Gasteiger partial charge on any atom is -0.486 e. The van der Waals surface area contributed by atoms with Crippen LogP contribution in [-0.4, -0.2) is 39.4 Å². The molecule has 0 unspecified atom stereocenters. The SMILES string of the molecule is O=S(=O)(CCCc1nnnn1-c1ccccc1)Cc1csc(COc2ccccc2)n1. The maximum atomic E-state index is 12.5. The van der Waals surface area contributed by atoms with Gasteiger partial charge in [0.25, 0.3) is 0 Å². The van der Waals surface area contributed by atoms with Crippen LogP contribution in [-0.2, 0) is 28.6 Å². The molecule has 0 bridgehead atoms. The zero-order valence-electron chi connectivity index (χ0n) is 16.7. The molecule has 4 rings (SSSR count). The molecule has 0 saturated heterocycles. The third kappa shape index (κ3) is 5.96. The summed E-state index contributed by atoms with van der Waals surface area (Å²) in [6.45, 7) is 0.316. The second-order valence-electron chi connectivity index (χ2n) is 6.87. The highest BCUT2D eigenvalue weighted by Gasteiger charge is 2.16. The van der Waals surface area contributed by atoms with Crippen molar-refractivity contribution in [1.29, 1.82) is 0 Å². The number of hydrogen-bond donors (Lipinski definition) is 0. The Balaban J connectivity index is 1.29. The molecular weight excluding hydrogens is 434 g/mol. The van der Waals surface area contributed by atoms with Crippen LogP contribution in [0.5, 0.6) is 5.75 Å². The average Bonchev–Trinajstić information content (AvgIpc) is 3.43. The molecule has 0 radical (unpaired) electrons. The number of tetrazole rings is 1. The van der Waals surface area contributed by atoms with Crippen LogP contribution in [0.4, 0.5) is 0 Å². The van der Waals surface area contributed by atoms with E-state index in [-0.39, 0.29) is 11.5 Å². The van der Waals surface area contributed by atoms with Gasteiger partial charge >= 0.3 is 0 Å².